The first-order valence-corrected chi connectivity index (χ1v) is 15.9. The van der Waals surface area contributed by atoms with Crippen molar-refractivity contribution >= 4 is 27.6 Å². The maximum atomic E-state index is 13.8. The number of para-hydroxylation sites is 1. The van der Waals surface area contributed by atoms with E-state index in [2.05, 4.69) is 20.0 Å². The van der Waals surface area contributed by atoms with Crippen molar-refractivity contribution in [1.82, 2.24) is 19.4 Å². The predicted molar refractivity (Wildman–Crippen MR) is 165 cm³/mol. The van der Waals surface area contributed by atoms with Crippen molar-refractivity contribution in [2.24, 2.45) is 0 Å². The molecule has 0 bridgehead atoms. The Morgan fingerprint density at radius 2 is 1.76 bits per heavy atom. The highest BCUT2D eigenvalue weighted by Crippen LogP contribution is 2.36. The summed E-state index contributed by atoms with van der Waals surface area (Å²) in [6.07, 6.45) is 0. The molecule has 0 atom stereocenters. The van der Waals surface area contributed by atoms with Crippen molar-refractivity contribution in [3.63, 3.8) is 0 Å². The van der Waals surface area contributed by atoms with Crippen LogP contribution in [0.2, 0.25) is 0 Å². The summed E-state index contributed by atoms with van der Waals surface area (Å²) in [5, 5.41) is 16.7. The highest BCUT2D eigenvalue weighted by Gasteiger charge is 2.27. The molecule has 6 rings (SSSR count). The molecule has 0 radical (unpaired) electrons. The van der Waals surface area contributed by atoms with Crippen molar-refractivity contribution in [3.8, 4) is 28.8 Å². The van der Waals surface area contributed by atoms with E-state index in [-0.39, 0.29) is 52.4 Å². The number of ether oxygens (including phenoxy) is 4. The molecule has 46 heavy (non-hydrogen) atoms. The Balaban J connectivity index is 1.33. The van der Waals surface area contributed by atoms with Crippen LogP contribution in [0.5, 0.6) is 23.1 Å². The van der Waals surface area contributed by atoms with Crippen LogP contribution in [-0.2, 0) is 14.8 Å². The molecule has 0 unspecified atom stereocenters. The van der Waals surface area contributed by atoms with Crippen molar-refractivity contribution in [1.29, 1.82) is 0 Å². The maximum Gasteiger partial charge on any atom is 0.356 e. The summed E-state index contributed by atoms with van der Waals surface area (Å²) in [6.45, 7) is 4.67. The van der Waals surface area contributed by atoms with E-state index in [1.54, 1.807) is 42.5 Å². The number of nitrogens with zero attached hydrogens (tertiary/aromatic N) is 3. The van der Waals surface area contributed by atoms with Gasteiger partial charge in [-0.25, -0.2) is 17.9 Å². The molecule has 3 N–H and O–H groups in total. The molecular weight excluding hydrogens is 618 g/mol. The normalized spacial score (nSPS) is 14.6. The average molecular weight is 650 g/mol. The summed E-state index contributed by atoms with van der Waals surface area (Å²) in [4.78, 5) is 26.9. The molecule has 1 amide bonds. The summed E-state index contributed by atoms with van der Waals surface area (Å²) >= 11 is 0. The lowest BCUT2D eigenvalue weighted by Gasteiger charge is -2.26. The van der Waals surface area contributed by atoms with Gasteiger partial charge in [-0.1, -0.05) is 18.2 Å². The summed E-state index contributed by atoms with van der Waals surface area (Å²) in [7, 11) is -4.21. The van der Waals surface area contributed by atoms with E-state index in [1.807, 2.05) is 0 Å². The molecule has 1 fully saturated rings. The lowest BCUT2D eigenvalue weighted by Crippen LogP contribution is -2.41. The van der Waals surface area contributed by atoms with Crippen molar-refractivity contribution in [2.45, 2.75) is 11.8 Å². The first-order chi connectivity index (χ1) is 22.2. The molecule has 0 saturated carbocycles. The number of carboxylic acid groups (broad SMARTS) is 1. The van der Waals surface area contributed by atoms with E-state index in [4.69, 9.17) is 18.9 Å². The number of carboxylic acids is 1. The fraction of sp³-hybridized carbons (Fsp3) is 0.258. The van der Waals surface area contributed by atoms with E-state index in [0.29, 0.717) is 50.0 Å². The van der Waals surface area contributed by atoms with Crippen molar-refractivity contribution < 1.29 is 42.1 Å². The third-order valence-corrected chi connectivity index (χ3v) is 8.91. The first-order valence-electron chi connectivity index (χ1n) is 14.4. The van der Waals surface area contributed by atoms with E-state index in [0.717, 1.165) is 0 Å². The zero-order valence-corrected chi connectivity index (χ0v) is 25.6. The zero-order chi connectivity index (χ0) is 32.3. The van der Waals surface area contributed by atoms with Crippen LogP contribution in [-0.4, -0.2) is 86.3 Å². The smallest absolute Gasteiger partial charge is 0.356 e. The topological polar surface area (TPSA) is 171 Å². The van der Waals surface area contributed by atoms with Gasteiger partial charge in [0.15, 0.2) is 17.2 Å². The largest absolute Gasteiger partial charge is 0.476 e. The quantitative estimate of drug-likeness (QED) is 0.218. The van der Waals surface area contributed by atoms with Crippen LogP contribution < -0.4 is 24.2 Å². The number of benzene rings is 3. The second-order valence-electron chi connectivity index (χ2n) is 10.5. The molecule has 1 saturated heterocycles. The van der Waals surface area contributed by atoms with Gasteiger partial charge in [0.2, 0.25) is 22.7 Å². The zero-order valence-electron chi connectivity index (χ0n) is 24.8. The third-order valence-electron chi connectivity index (χ3n) is 7.43. The van der Waals surface area contributed by atoms with Crippen molar-refractivity contribution in [2.75, 3.05) is 51.5 Å². The molecule has 1 aromatic heterocycles. The minimum Gasteiger partial charge on any atom is -0.476 e. The molecule has 2 aliphatic heterocycles. The number of fused-ring (bicyclic) bond motifs is 1. The Hall–Kier alpha value is -4.96. The molecule has 240 valence electrons. The lowest BCUT2D eigenvalue weighted by molar-refractivity contribution is 0.0390. The van der Waals surface area contributed by atoms with Gasteiger partial charge in [-0.2, -0.15) is 9.78 Å². The van der Waals surface area contributed by atoms with Crippen LogP contribution in [0.25, 0.3) is 5.69 Å². The number of aromatic nitrogens is 2. The number of amides is 1. The number of hydrogen-bond acceptors (Lipinski definition) is 10. The van der Waals surface area contributed by atoms with Gasteiger partial charge in [0, 0.05) is 43.0 Å². The van der Waals surface area contributed by atoms with Crippen LogP contribution in [0.3, 0.4) is 0 Å². The first kappa shape index (κ1) is 31.0. The minimum absolute atomic E-state index is 0.0190. The monoisotopic (exact) mass is 649 g/mol. The van der Waals surface area contributed by atoms with Gasteiger partial charge in [-0.3, -0.25) is 9.69 Å². The summed E-state index contributed by atoms with van der Waals surface area (Å²) < 4.78 is 53.7. The van der Waals surface area contributed by atoms with Crippen LogP contribution >= 0.6 is 0 Å². The van der Waals surface area contributed by atoms with Gasteiger partial charge in [0.25, 0.3) is 5.91 Å². The number of carbonyl (C=O) groups is 2. The number of hydrogen-bond donors (Lipinski definition) is 3. The van der Waals surface area contributed by atoms with Gasteiger partial charge in [0.05, 0.1) is 18.9 Å². The van der Waals surface area contributed by atoms with E-state index < -0.39 is 21.9 Å². The number of aromatic carboxylic acids is 1. The standard InChI is InChI=1S/C31H31N5O9S/c1-20-28(31(38)39)34-36(23-5-3-2-4-6-23)30(20)45-25-10-8-22(33-29(37)21-7-9-24-26(17-21)44-19-43-24)18-27(25)46(40,41)32-11-12-35-13-15-42-16-14-35/h2-10,17-18,32H,11-16,19H2,1H3,(H,33,37)(H,38,39). The number of morpholine rings is 1. The fourth-order valence-electron chi connectivity index (χ4n) is 5.01. The SMILES string of the molecule is Cc1c(C(=O)O)nn(-c2ccccc2)c1Oc1ccc(NC(=O)c2ccc3c(c2)OCO3)cc1S(=O)(=O)NCCN1CCOCC1. The highest BCUT2D eigenvalue weighted by molar-refractivity contribution is 7.89. The Bertz CT molecular complexity index is 1870. The Morgan fingerprint density at radius 3 is 2.52 bits per heavy atom. The predicted octanol–water partition coefficient (Wildman–Crippen LogP) is 3.26. The molecular formula is C31H31N5O9S. The molecule has 0 spiro atoms. The van der Waals surface area contributed by atoms with Crippen LogP contribution in [0.4, 0.5) is 5.69 Å². The van der Waals surface area contributed by atoms with Gasteiger partial charge >= 0.3 is 5.97 Å². The summed E-state index contributed by atoms with van der Waals surface area (Å²) in [6, 6.07) is 17.6. The molecule has 14 nitrogen and oxygen atoms in total. The maximum absolute atomic E-state index is 13.8. The molecule has 15 heteroatoms. The molecule has 4 aromatic rings. The van der Waals surface area contributed by atoms with Crippen molar-refractivity contribution in [3.05, 3.63) is 83.6 Å². The second-order valence-corrected chi connectivity index (χ2v) is 12.2. The molecule has 3 heterocycles. The fourth-order valence-corrected chi connectivity index (χ4v) is 6.19. The van der Waals surface area contributed by atoms with Gasteiger partial charge in [0.1, 0.15) is 10.6 Å². The van der Waals surface area contributed by atoms with E-state index in [1.165, 1.54) is 35.9 Å². The molecule has 0 aliphatic carbocycles. The third kappa shape index (κ3) is 6.67. The lowest BCUT2D eigenvalue weighted by atomic mass is 10.2. The summed E-state index contributed by atoms with van der Waals surface area (Å²) in [5.41, 5.74) is 0.915. The van der Waals surface area contributed by atoms with Gasteiger partial charge in [-0.05, 0) is 55.5 Å². The minimum atomic E-state index is -4.21. The number of anilines is 1. The Kier molecular flexibility index (Phi) is 8.90. The Morgan fingerprint density at radius 1 is 1.00 bits per heavy atom. The van der Waals surface area contributed by atoms with E-state index >= 15 is 0 Å². The van der Waals surface area contributed by atoms with E-state index in [9.17, 15) is 23.1 Å². The average Bonchev–Trinajstić information content (AvgIpc) is 3.66. The summed E-state index contributed by atoms with van der Waals surface area (Å²) in [5.74, 6) is -0.903. The number of sulfonamides is 1. The van der Waals surface area contributed by atoms with Crippen LogP contribution in [0, 0.1) is 6.92 Å². The highest BCUT2D eigenvalue weighted by atomic mass is 32.2. The van der Waals surface area contributed by atoms with Gasteiger partial charge < -0.3 is 29.4 Å². The van der Waals surface area contributed by atoms with Crippen LogP contribution in [0.15, 0.2) is 71.6 Å². The molecule has 3 aromatic carbocycles. The number of rotatable bonds is 11. The number of carbonyl (C=O) groups excluding carboxylic acids is 1. The number of nitrogens with one attached hydrogen (secondary N) is 2. The Labute approximate surface area is 264 Å². The van der Waals surface area contributed by atoms with Gasteiger partial charge in [-0.15, -0.1) is 0 Å². The second kappa shape index (κ2) is 13.2. The van der Waals surface area contributed by atoms with Crippen LogP contribution in [0.1, 0.15) is 26.4 Å². The molecule has 2 aliphatic rings.